The van der Waals surface area contributed by atoms with Crippen molar-refractivity contribution >= 4 is 11.7 Å². The monoisotopic (exact) mass is 350 g/mol. The summed E-state index contributed by atoms with van der Waals surface area (Å²) in [6, 6.07) is 5.67. The molecule has 0 aliphatic heterocycles. The average Bonchev–Trinajstić information content (AvgIpc) is 3.35. The summed E-state index contributed by atoms with van der Waals surface area (Å²) in [6.45, 7) is 6.14. The number of aryl methyl sites for hydroxylation is 1. The molecule has 0 aromatic carbocycles. The summed E-state index contributed by atoms with van der Waals surface area (Å²) in [5.74, 6) is 0.887. The molecule has 0 spiro atoms. The van der Waals surface area contributed by atoms with E-state index < -0.39 is 0 Å². The number of rotatable bonds is 5. The van der Waals surface area contributed by atoms with Gasteiger partial charge in [0.1, 0.15) is 12.0 Å². The van der Waals surface area contributed by atoms with Crippen LogP contribution >= 0.6 is 0 Å². The number of hydrogen-bond donors (Lipinski definition) is 1. The van der Waals surface area contributed by atoms with Crippen molar-refractivity contribution in [2.75, 3.05) is 0 Å². The maximum Gasteiger partial charge on any atom is 0.270 e. The summed E-state index contributed by atoms with van der Waals surface area (Å²) in [6.07, 6.45) is 5.45. The van der Waals surface area contributed by atoms with Crippen molar-refractivity contribution in [2.24, 2.45) is 5.92 Å². The fourth-order valence-electron chi connectivity index (χ4n) is 3.24. The van der Waals surface area contributed by atoms with E-state index in [1.807, 2.05) is 19.1 Å². The molecule has 1 saturated carbocycles. The first-order chi connectivity index (χ1) is 12.5. The predicted octanol–water partition coefficient (Wildman–Crippen LogP) is 2.83. The Hall–Kier alpha value is -2.83. The quantitative estimate of drug-likeness (QED) is 0.765. The molecule has 3 aromatic heterocycles. The minimum atomic E-state index is -0.195. The summed E-state index contributed by atoms with van der Waals surface area (Å²) in [7, 11) is 0. The molecule has 7 nitrogen and oxygen atoms in total. The summed E-state index contributed by atoms with van der Waals surface area (Å²) in [4.78, 5) is 26.0. The minimum absolute atomic E-state index is 0.0814. The van der Waals surface area contributed by atoms with E-state index in [9.17, 15) is 4.79 Å². The number of aromatic nitrogens is 5. The summed E-state index contributed by atoms with van der Waals surface area (Å²) in [5.41, 5.74) is 3.31. The third-order valence-electron chi connectivity index (χ3n) is 4.83. The zero-order valence-electron chi connectivity index (χ0n) is 15.2. The molecule has 0 bridgehead atoms. The Morgan fingerprint density at radius 3 is 2.81 bits per heavy atom. The Kier molecular flexibility index (Phi) is 4.14. The number of amides is 1. The lowest BCUT2D eigenvalue weighted by molar-refractivity contribution is 0.0925. The standard InChI is InChI=1S/C19H22N6O/c1-11(2)15-9-14(23-19-21-10-22-25(15)19)18(26)24-17(13-6-7-13)16-12(3)5-4-8-20-16/h4-5,8-11,13,17H,6-7H2,1-3H3,(H,24,26)/t17-/m0/s1. The van der Waals surface area contributed by atoms with Gasteiger partial charge in [-0.25, -0.2) is 9.50 Å². The molecule has 1 N–H and O–H groups in total. The molecule has 1 aliphatic rings. The van der Waals surface area contributed by atoms with Crippen molar-refractivity contribution in [3.8, 4) is 0 Å². The maximum atomic E-state index is 13.0. The molecule has 7 heteroatoms. The van der Waals surface area contributed by atoms with Crippen LogP contribution in [0.2, 0.25) is 0 Å². The van der Waals surface area contributed by atoms with Crippen molar-refractivity contribution in [2.45, 2.75) is 45.6 Å². The van der Waals surface area contributed by atoms with Gasteiger partial charge in [0.25, 0.3) is 11.7 Å². The van der Waals surface area contributed by atoms with E-state index in [0.29, 0.717) is 17.4 Å². The van der Waals surface area contributed by atoms with Gasteiger partial charge in [0, 0.05) is 6.20 Å². The number of pyridine rings is 1. The average molecular weight is 350 g/mol. The zero-order chi connectivity index (χ0) is 18.3. The van der Waals surface area contributed by atoms with E-state index in [2.05, 4.69) is 39.2 Å². The van der Waals surface area contributed by atoms with Crippen LogP contribution in [-0.2, 0) is 0 Å². The van der Waals surface area contributed by atoms with Gasteiger partial charge in [0.05, 0.1) is 17.4 Å². The molecule has 3 aromatic rings. The fourth-order valence-corrected chi connectivity index (χ4v) is 3.24. The first kappa shape index (κ1) is 16.6. The number of carbonyl (C=O) groups excluding carboxylic acids is 1. The lowest BCUT2D eigenvalue weighted by Crippen LogP contribution is -2.32. The molecule has 4 rings (SSSR count). The van der Waals surface area contributed by atoms with E-state index in [1.54, 1.807) is 16.8 Å². The van der Waals surface area contributed by atoms with E-state index in [0.717, 1.165) is 29.8 Å². The van der Waals surface area contributed by atoms with Gasteiger partial charge < -0.3 is 5.32 Å². The third-order valence-corrected chi connectivity index (χ3v) is 4.83. The predicted molar refractivity (Wildman–Crippen MR) is 96.8 cm³/mol. The molecular formula is C19H22N6O. The van der Waals surface area contributed by atoms with Crippen LogP contribution in [0.5, 0.6) is 0 Å². The third kappa shape index (κ3) is 3.05. The molecule has 1 atom stereocenters. The Bertz CT molecular complexity index is 960. The van der Waals surface area contributed by atoms with Crippen LogP contribution in [0.3, 0.4) is 0 Å². The number of carbonyl (C=O) groups is 1. The Morgan fingerprint density at radius 2 is 2.12 bits per heavy atom. The highest BCUT2D eigenvalue weighted by Gasteiger charge is 2.35. The zero-order valence-corrected chi connectivity index (χ0v) is 15.2. The summed E-state index contributed by atoms with van der Waals surface area (Å²) in [5, 5.41) is 7.35. The number of nitrogens with one attached hydrogen (secondary N) is 1. The van der Waals surface area contributed by atoms with Gasteiger partial charge in [-0.2, -0.15) is 10.1 Å². The van der Waals surface area contributed by atoms with Gasteiger partial charge >= 0.3 is 0 Å². The second-order valence-electron chi connectivity index (χ2n) is 7.19. The Labute approximate surface area is 151 Å². The Morgan fingerprint density at radius 1 is 1.31 bits per heavy atom. The molecule has 1 fully saturated rings. The number of hydrogen-bond acceptors (Lipinski definition) is 5. The van der Waals surface area contributed by atoms with Crippen LogP contribution in [0.15, 0.2) is 30.7 Å². The highest BCUT2D eigenvalue weighted by atomic mass is 16.2. The van der Waals surface area contributed by atoms with Gasteiger partial charge in [-0.1, -0.05) is 19.9 Å². The molecule has 134 valence electrons. The second kappa shape index (κ2) is 6.48. The van der Waals surface area contributed by atoms with Gasteiger partial charge in [-0.15, -0.1) is 0 Å². The molecule has 0 unspecified atom stereocenters. The Balaban J connectivity index is 1.67. The highest BCUT2D eigenvalue weighted by Crippen LogP contribution is 2.41. The van der Waals surface area contributed by atoms with Crippen molar-refractivity contribution < 1.29 is 4.79 Å². The first-order valence-corrected chi connectivity index (χ1v) is 8.97. The molecule has 0 radical (unpaired) electrons. The van der Waals surface area contributed by atoms with Gasteiger partial charge in [0.2, 0.25) is 0 Å². The van der Waals surface area contributed by atoms with E-state index in [1.165, 1.54) is 6.33 Å². The maximum absolute atomic E-state index is 13.0. The SMILES string of the molecule is Cc1cccnc1[C@@H](NC(=O)c1cc(C(C)C)n2ncnc2n1)C1CC1. The molecule has 3 heterocycles. The second-order valence-corrected chi connectivity index (χ2v) is 7.19. The van der Waals surface area contributed by atoms with Crippen LogP contribution in [0, 0.1) is 12.8 Å². The topological polar surface area (TPSA) is 85.1 Å². The van der Waals surface area contributed by atoms with Crippen molar-refractivity contribution in [3.63, 3.8) is 0 Å². The van der Waals surface area contributed by atoms with Crippen LogP contribution in [0.25, 0.3) is 5.78 Å². The summed E-state index contributed by atoms with van der Waals surface area (Å²) >= 11 is 0. The van der Waals surface area contributed by atoms with Crippen molar-refractivity contribution in [1.29, 1.82) is 0 Å². The molecular weight excluding hydrogens is 328 g/mol. The molecule has 0 saturated heterocycles. The smallest absolute Gasteiger partial charge is 0.270 e. The van der Waals surface area contributed by atoms with Gasteiger partial charge in [-0.05, 0) is 49.3 Å². The van der Waals surface area contributed by atoms with Gasteiger partial charge in [-0.3, -0.25) is 9.78 Å². The van der Waals surface area contributed by atoms with Crippen molar-refractivity contribution in [1.82, 2.24) is 29.9 Å². The molecule has 1 aliphatic carbocycles. The van der Waals surface area contributed by atoms with E-state index in [4.69, 9.17) is 0 Å². The van der Waals surface area contributed by atoms with E-state index in [-0.39, 0.29) is 17.9 Å². The van der Waals surface area contributed by atoms with Crippen LogP contribution in [-0.4, -0.2) is 30.5 Å². The fraction of sp³-hybridized carbons (Fsp3) is 0.421. The molecule has 1 amide bonds. The van der Waals surface area contributed by atoms with Crippen LogP contribution in [0.1, 0.15) is 66.1 Å². The largest absolute Gasteiger partial charge is 0.342 e. The first-order valence-electron chi connectivity index (χ1n) is 8.97. The molecule has 26 heavy (non-hydrogen) atoms. The lowest BCUT2D eigenvalue weighted by Gasteiger charge is -2.19. The highest BCUT2D eigenvalue weighted by molar-refractivity contribution is 5.93. The minimum Gasteiger partial charge on any atom is -0.342 e. The normalized spacial score (nSPS) is 15.4. The van der Waals surface area contributed by atoms with Gasteiger partial charge in [0.15, 0.2) is 0 Å². The number of nitrogens with zero attached hydrogens (tertiary/aromatic N) is 5. The summed E-state index contributed by atoms with van der Waals surface area (Å²) < 4.78 is 1.68. The van der Waals surface area contributed by atoms with Crippen LogP contribution in [0.4, 0.5) is 0 Å². The lowest BCUT2D eigenvalue weighted by atomic mass is 10.0. The van der Waals surface area contributed by atoms with Crippen LogP contribution < -0.4 is 5.32 Å². The van der Waals surface area contributed by atoms with E-state index >= 15 is 0 Å². The van der Waals surface area contributed by atoms with Crippen molar-refractivity contribution in [3.05, 3.63) is 53.4 Å². The number of fused-ring (bicyclic) bond motifs is 1.